The molecule has 1 rings (SSSR count). The molecule has 0 aliphatic heterocycles. The van der Waals surface area contributed by atoms with Gasteiger partial charge in [-0.15, -0.1) is 0 Å². The lowest BCUT2D eigenvalue weighted by Crippen LogP contribution is -1.90. The minimum atomic E-state index is 0.257. The zero-order valence-corrected chi connectivity index (χ0v) is 6.74. The monoisotopic (exact) mass is 165 g/mol. The summed E-state index contributed by atoms with van der Waals surface area (Å²) in [6.07, 6.45) is 0. The Balaban J connectivity index is 2.58. The Bertz CT molecular complexity index is 240. The molecular weight excluding hydrogens is 156 g/mol. The van der Waals surface area contributed by atoms with E-state index in [4.69, 9.17) is 4.74 Å². The van der Waals surface area contributed by atoms with Crippen molar-refractivity contribution >= 4 is 6.47 Å². The first-order chi connectivity index (χ1) is 5.86. The molecule has 0 amide bonds. The standard InChI is InChI=1S/C9H9O3/c1-11-9-4-2-8(3-5-9)6-12-7-10/h2-5H,6H2,1H3. The van der Waals surface area contributed by atoms with Gasteiger partial charge in [0.2, 0.25) is 0 Å². The minimum Gasteiger partial charge on any atom is -0.497 e. The van der Waals surface area contributed by atoms with E-state index in [0.29, 0.717) is 0 Å². The first kappa shape index (κ1) is 8.59. The zero-order valence-electron chi connectivity index (χ0n) is 6.74. The molecule has 63 valence electrons. The van der Waals surface area contributed by atoms with Crippen LogP contribution in [0.4, 0.5) is 0 Å². The van der Waals surface area contributed by atoms with Crippen LogP contribution >= 0.6 is 0 Å². The zero-order chi connectivity index (χ0) is 8.81. The molecule has 0 fully saturated rings. The van der Waals surface area contributed by atoms with Gasteiger partial charge >= 0.3 is 6.47 Å². The van der Waals surface area contributed by atoms with Crippen LogP contribution in [-0.2, 0) is 16.1 Å². The van der Waals surface area contributed by atoms with Crippen LogP contribution in [0.25, 0.3) is 0 Å². The van der Waals surface area contributed by atoms with Gasteiger partial charge in [-0.05, 0) is 17.7 Å². The van der Waals surface area contributed by atoms with Crippen LogP contribution in [0, 0.1) is 0 Å². The Labute approximate surface area is 70.9 Å². The van der Waals surface area contributed by atoms with Crippen molar-refractivity contribution < 1.29 is 14.3 Å². The van der Waals surface area contributed by atoms with Crippen LogP contribution < -0.4 is 4.74 Å². The second-order valence-corrected chi connectivity index (χ2v) is 2.22. The van der Waals surface area contributed by atoms with Gasteiger partial charge in [0.15, 0.2) is 0 Å². The average Bonchev–Trinajstić information content (AvgIpc) is 2.15. The Kier molecular flexibility index (Phi) is 3.14. The summed E-state index contributed by atoms with van der Waals surface area (Å²) in [4.78, 5) is 9.73. The van der Waals surface area contributed by atoms with Crippen LogP contribution in [0.1, 0.15) is 5.56 Å². The lowest BCUT2D eigenvalue weighted by molar-refractivity contribution is 0.267. The Morgan fingerprint density at radius 3 is 2.50 bits per heavy atom. The number of ether oxygens (including phenoxy) is 2. The molecule has 12 heavy (non-hydrogen) atoms. The number of carbonyl (C=O) groups excluding carboxylic acids is 1. The lowest BCUT2D eigenvalue weighted by atomic mass is 10.2. The predicted molar refractivity (Wildman–Crippen MR) is 43.5 cm³/mol. The SMILES string of the molecule is COc1ccc(CO[C]=O)cc1. The Hall–Kier alpha value is -1.51. The third kappa shape index (κ3) is 2.27. The summed E-state index contributed by atoms with van der Waals surface area (Å²) in [5.41, 5.74) is 0.916. The minimum absolute atomic E-state index is 0.257. The van der Waals surface area contributed by atoms with Gasteiger partial charge in [0.05, 0.1) is 7.11 Å². The highest BCUT2D eigenvalue weighted by Gasteiger charge is 1.93. The fourth-order valence-electron chi connectivity index (χ4n) is 0.835. The average molecular weight is 165 g/mol. The maximum absolute atomic E-state index is 9.73. The van der Waals surface area contributed by atoms with E-state index in [1.165, 1.54) is 6.47 Å². The molecule has 0 bridgehead atoms. The van der Waals surface area contributed by atoms with Crippen LogP contribution in [0.3, 0.4) is 0 Å². The number of hydrogen-bond donors (Lipinski definition) is 0. The molecule has 3 heteroatoms. The van der Waals surface area contributed by atoms with Gasteiger partial charge in [-0.2, -0.15) is 0 Å². The molecule has 0 unspecified atom stereocenters. The van der Waals surface area contributed by atoms with Crippen molar-refractivity contribution in [3.05, 3.63) is 29.8 Å². The van der Waals surface area contributed by atoms with Crippen LogP contribution in [0.15, 0.2) is 24.3 Å². The molecule has 0 heterocycles. The Morgan fingerprint density at radius 2 is 2.00 bits per heavy atom. The third-order valence-electron chi connectivity index (χ3n) is 1.46. The molecule has 0 aromatic heterocycles. The normalized spacial score (nSPS) is 9.08. The topological polar surface area (TPSA) is 35.5 Å². The molecule has 0 aliphatic rings. The van der Waals surface area contributed by atoms with Gasteiger partial charge in [0.25, 0.3) is 0 Å². The van der Waals surface area contributed by atoms with Gasteiger partial charge in [0, 0.05) is 0 Å². The van der Waals surface area contributed by atoms with E-state index in [9.17, 15) is 4.79 Å². The van der Waals surface area contributed by atoms with E-state index in [2.05, 4.69) is 4.74 Å². The molecule has 0 N–H and O–H groups in total. The van der Waals surface area contributed by atoms with E-state index < -0.39 is 0 Å². The van der Waals surface area contributed by atoms with Crippen LogP contribution in [0.5, 0.6) is 5.75 Å². The second-order valence-electron chi connectivity index (χ2n) is 2.22. The summed E-state index contributed by atoms with van der Waals surface area (Å²) in [5, 5.41) is 0. The first-order valence-corrected chi connectivity index (χ1v) is 3.48. The van der Waals surface area contributed by atoms with Crippen LogP contribution in [0.2, 0.25) is 0 Å². The fraction of sp³-hybridized carbons (Fsp3) is 0.222. The summed E-state index contributed by atoms with van der Waals surface area (Å²) < 4.78 is 9.40. The first-order valence-electron chi connectivity index (χ1n) is 3.48. The third-order valence-corrected chi connectivity index (χ3v) is 1.46. The van der Waals surface area contributed by atoms with E-state index in [-0.39, 0.29) is 6.61 Å². The number of hydrogen-bond acceptors (Lipinski definition) is 3. The van der Waals surface area contributed by atoms with Gasteiger partial charge in [-0.25, -0.2) is 4.79 Å². The van der Waals surface area contributed by atoms with Gasteiger partial charge in [0.1, 0.15) is 12.4 Å². The summed E-state index contributed by atoms with van der Waals surface area (Å²) in [6.45, 7) is 1.62. The highest BCUT2D eigenvalue weighted by atomic mass is 16.5. The van der Waals surface area contributed by atoms with Crippen molar-refractivity contribution in [2.24, 2.45) is 0 Å². The van der Waals surface area contributed by atoms with E-state index in [1.807, 2.05) is 24.3 Å². The molecule has 0 saturated carbocycles. The molecule has 3 nitrogen and oxygen atoms in total. The lowest BCUT2D eigenvalue weighted by Gasteiger charge is -2.00. The predicted octanol–water partition coefficient (Wildman–Crippen LogP) is 1.28. The molecule has 1 aromatic rings. The van der Waals surface area contributed by atoms with Crippen molar-refractivity contribution in [1.82, 2.24) is 0 Å². The molecule has 1 radical (unpaired) electrons. The maximum Gasteiger partial charge on any atom is 0.417 e. The molecule has 0 spiro atoms. The Morgan fingerprint density at radius 1 is 1.33 bits per heavy atom. The van der Waals surface area contributed by atoms with Gasteiger partial charge in [-0.3, -0.25) is 0 Å². The maximum atomic E-state index is 9.73. The van der Waals surface area contributed by atoms with Crippen molar-refractivity contribution in [2.75, 3.05) is 7.11 Å². The summed E-state index contributed by atoms with van der Waals surface area (Å²) in [6, 6.07) is 7.28. The summed E-state index contributed by atoms with van der Waals surface area (Å²) in [7, 11) is 1.60. The smallest absolute Gasteiger partial charge is 0.417 e. The van der Waals surface area contributed by atoms with E-state index >= 15 is 0 Å². The highest BCUT2D eigenvalue weighted by molar-refractivity contribution is 5.38. The van der Waals surface area contributed by atoms with Crippen molar-refractivity contribution in [3.8, 4) is 5.75 Å². The quantitative estimate of drug-likeness (QED) is 0.674. The highest BCUT2D eigenvalue weighted by Crippen LogP contribution is 2.11. The molecule has 1 aromatic carbocycles. The summed E-state index contributed by atoms with van der Waals surface area (Å²) >= 11 is 0. The van der Waals surface area contributed by atoms with Gasteiger partial charge in [-0.1, -0.05) is 12.1 Å². The second kappa shape index (κ2) is 4.38. The van der Waals surface area contributed by atoms with E-state index in [1.54, 1.807) is 7.11 Å². The van der Waals surface area contributed by atoms with E-state index in [0.717, 1.165) is 11.3 Å². The van der Waals surface area contributed by atoms with Crippen molar-refractivity contribution in [1.29, 1.82) is 0 Å². The largest absolute Gasteiger partial charge is 0.497 e. The number of benzene rings is 1. The number of rotatable bonds is 4. The summed E-state index contributed by atoms with van der Waals surface area (Å²) in [5.74, 6) is 0.786. The molecule has 0 atom stereocenters. The van der Waals surface area contributed by atoms with Crippen molar-refractivity contribution in [3.63, 3.8) is 0 Å². The number of methoxy groups -OCH3 is 1. The van der Waals surface area contributed by atoms with Crippen LogP contribution in [-0.4, -0.2) is 13.6 Å². The fourth-order valence-corrected chi connectivity index (χ4v) is 0.835. The van der Waals surface area contributed by atoms with Gasteiger partial charge < -0.3 is 9.47 Å². The van der Waals surface area contributed by atoms with Crippen molar-refractivity contribution in [2.45, 2.75) is 6.61 Å². The molecule has 0 aliphatic carbocycles. The molecular formula is C9H9O3. The molecule has 0 saturated heterocycles.